The largest absolute Gasteiger partial charge is 0.396 e. The van der Waals surface area contributed by atoms with Crippen LogP contribution < -0.4 is 0 Å². The Balaban J connectivity index is 1.77. The second-order valence-corrected chi connectivity index (χ2v) is 5.29. The van der Waals surface area contributed by atoms with E-state index in [1.807, 2.05) is 0 Å². The number of fused-ring (bicyclic) bond motifs is 1. The SMILES string of the molecule is OCCCCCCN1CCCc2ccccc2C1. The second kappa shape index (κ2) is 7.55. The van der Waals surface area contributed by atoms with E-state index in [1.54, 1.807) is 5.56 Å². The van der Waals surface area contributed by atoms with Crippen molar-refractivity contribution in [3.05, 3.63) is 35.4 Å². The zero-order valence-corrected chi connectivity index (χ0v) is 11.3. The predicted octanol–water partition coefficient (Wildman–Crippen LogP) is 2.99. The van der Waals surface area contributed by atoms with E-state index in [4.69, 9.17) is 5.11 Å². The highest BCUT2D eigenvalue weighted by atomic mass is 16.2. The minimum atomic E-state index is 0.344. The number of nitrogens with zero attached hydrogens (tertiary/aromatic N) is 1. The predicted molar refractivity (Wildman–Crippen MR) is 75.6 cm³/mol. The van der Waals surface area contributed by atoms with Gasteiger partial charge in [0.1, 0.15) is 0 Å². The van der Waals surface area contributed by atoms with E-state index in [1.165, 1.54) is 50.8 Å². The van der Waals surface area contributed by atoms with Crippen molar-refractivity contribution in [3.63, 3.8) is 0 Å². The monoisotopic (exact) mass is 247 g/mol. The average Bonchev–Trinajstić information content (AvgIpc) is 2.60. The molecule has 1 heterocycles. The van der Waals surface area contributed by atoms with Gasteiger partial charge in [-0.25, -0.2) is 0 Å². The van der Waals surface area contributed by atoms with Crippen molar-refractivity contribution in [3.8, 4) is 0 Å². The van der Waals surface area contributed by atoms with Gasteiger partial charge in [0.05, 0.1) is 0 Å². The highest BCUT2D eigenvalue weighted by molar-refractivity contribution is 5.27. The smallest absolute Gasteiger partial charge is 0.0431 e. The molecule has 1 aliphatic heterocycles. The van der Waals surface area contributed by atoms with Gasteiger partial charge in [-0.1, -0.05) is 37.1 Å². The summed E-state index contributed by atoms with van der Waals surface area (Å²) < 4.78 is 0. The summed E-state index contributed by atoms with van der Waals surface area (Å²) in [6.45, 7) is 3.90. The Morgan fingerprint density at radius 1 is 1.00 bits per heavy atom. The Labute approximate surface area is 111 Å². The molecule has 1 aliphatic rings. The molecule has 100 valence electrons. The van der Waals surface area contributed by atoms with E-state index in [0.29, 0.717) is 6.61 Å². The number of benzene rings is 1. The highest BCUT2D eigenvalue weighted by Crippen LogP contribution is 2.18. The second-order valence-electron chi connectivity index (χ2n) is 5.29. The molecule has 0 amide bonds. The van der Waals surface area contributed by atoms with Crippen molar-refractivity contribution < 1.29 is 5.11 Å². The van der Waals surface area contributed by atoms with Gasteiger partial charge >= 0.3 is 0 Å². The Kier molecular flexibility index (Phi) is 5.69. The molecule has 0 radical (unpaired) electrons. The molecule has 0 saturated heterocycles. The number of aryl methyl sites for hydroxylation is 1. The topological polar surface area (TPSA) is 23.5 Å². The fraction of sp³-hybridized carbons (Fsp3) is 0.625. The molecule has 2 nitrogen and oxygen atoms in total. The number of unbranched alkanes of at least 4 members (excludes halogenated alkanes) is 3. The highest BCUT2D eigenvalue weighted by Gasteiger charge is 2.12. The van der Waals surface area contributed by atoms with Gasteiger partial charge in [0.2, 0.25) is 0 Å². The van der Waals surface area contributed by atoms with Crippen molar-refractivity contribution >= 4 is 0 Å². The van der Waals surface area contributed by atoms with Crippen molar-refractivity contribution in [1.82, 2.24) is 4.90 Å². The van der Waals surface area contributed by atoms with E-state index in [2.05, 4.69) is 29.2 Å². The third-order valence-corrected chi connectivity index (χ3v) is 3.82. The molecule has 2 rings (SSSR count). The van der Waals surface area contributed by atoms with Gasteiger partial charge in [0.15, 0.2) is 0 Å². The van der Waals surface area contributed by atoms with Crippen LogP contribution in [0.15, 0.2) is 24.3 Å². The lowest BCUT2D eigenvalue weighted by Gasteiger charge is -2.20. The fourth-order valence-electron chi connectivity index (χ4n) is 2.76. The third kappa shape index (κ3) is 4.11. The van der Waals surface area contributed by atoms with Crippen LogP contribution in [0.1, 0.15) is 43.2 Å². The molecule has 1 aromatic carbocycles. The third-order valence-electron chi connectivity index (χ3n) is 3.82. The molecular weight excluding hydrogens is 222 g/mol. The van der Waals surface area contributed by atoms with Gasteiger partial charge in [-0.3, -0.25) is 4.90 Å². The van der Waals surface area contributed by atoms with Gasteiger partial charge in [0, 0.05) is 13.2 Å². The standard InChI is InChI=1S/C16H25NO/c18-13-6-2-1-5-11-17-12-7-10-15-8-3-4-9-16(15)14-17/h3-4,8-9,18H,1-2,5-7,10-14H2. The van der Waals surface area contributed by atoms with Gasteiger partial charge in [0.25, 0.3) is 0 Å². The van der Waals surface area contributed by atoms with Gasteiger partial charge in [-0.15, -0.1) is 0 Å². The van der Waals surface area contributed by atoms with Crippen LogP contribution in [0.2, 0.25) is 0 Å². The lowest BCUT2D eigenvalue weighted by Crippen LogP contribution is -2.24. The molecule has 2 heteroatoms. The summed E-state index contributed by atoms with van der Waals surface area (Å²) in [5.41, 5.74) is 3.06. The van der Waals surface area contributed by atoms with Crippen LogP contribution in [-0.2, 0) is 13.0 Å². The van der Waals surface area contributed by atoms with Gasteiger partial charge in [-0.2, -0.15) is 0 Å². The first-order chi connectivity index (χ1) is 8.90. The molecule has 0 atom stereocenters. The van der Waals surface area contributed by atoms with Crippen LogP contribution in [0.5, 0.6) is 0 Å². The summed E-state index contributed by atoms with van der Waals surface area (Å²) in [6.07, 6.45) is 7.16. The molecule has 18 heavy (non-hydrogen) atoms. The maximum atomic E-state index is 8.75. The molecule has 0 aliphatic carbocycles. The van der Waals surface area contributed by atoms with E-state index < -0.39 is 0 Å². The van der Waals surface area contributed by atoms with E-state index >= 15 is 0 Å². The first-order valence-electron chi connectivity index (χ1n) is 7.30. The van der Waals surface area contributed by atoms with E-state index in [-0.39, 0.29) is 0 Å². The summed E-state index contributed by atoms with van der Waals surface area (Å²) in [7, 11) is 0. The number of rotatable bonds is 6. The Morgan fingerprint density at radius 2 is 1.78 bits per heavy atom. The number of aliphatic hydroxyl groups excluding tert-OH is 1. The zero-order chi connectivity index (χ0) is 12.6. The lowest BCUT2D eigenvalue weighted by molar-refractivity contribution is 0.256. The Hall–Kier alpha value is -0.860. The summed E-state index contributed by atoms with van der Waals surface area (Å²) in [6, 6.07) is 8.87. The number of hydrogen-bond donors (Lipinski definition) is 1. The van der Waals surface area contributed by atoms with Crippen LogP contribution in [-0.4, -0.2) is 29.7 Å². The van der Waals surface area contributed by atoms with Crippen LogP contribution in [0.3, 0.4) is 0 Å². The van der Waals surface area contributed by atoms with Crippen molar-refractivity contribution in [2.75, 3.05) is 19.7 Å². The summed E-state index contributed by atoms with van der Waals surface area (Å²) in [5, 5.41) is 8.75. The van der Waals surface area contributed by atoms with Crippen molar-refractivity contribution in [1.29, 1.82) is 0 Å². The van der Waals surface area contributed by atoms with Crippen LogP contribution >= 0.6 is 0 Å². The van der Waals surface area contributed by atoms with E-state index in [0.717, 1.165) is 13.0 Å². The number of aliphatic hydroxyl groups is 1. The molecule has 1 aromatic rings. The molecule has 0 saturated carbocycles. The zero-order valence-electron chi connectivity index (χ0n) is 11.3. The molecule has 0 fully saturated rings. The van der Waals surface area contributed by atoms with Crippen LogP contribution in [0, 0.1) is 0 Å². The van der Waals surface area contributed by atoms with Crippen LogP contribution in [0.25, 0.3) is 0 Å². The minimum Gasteiger partial charge on any atom is -0.396 e. The van der Waals surface area contributed by atoms with E-state index in [9.17, 15) is 0 Å². The lowest BCUT2D eigenvalue weighted by atomic mass is 10.0. The minimum absolute atomic E-state index is 0.344. The number of hydrogen-bond acceptors (Lipinski definition) is 2. The molecule has 0 spiro atoms. The normalized spacial score (nSPS) is 16.3. The molecular formula is C16H25NO. The van der Waals surface area contributed by atoms with Crippen molar-refractivity contribution in [2.45, 2.75) is 45.1 Å². The summed E-state index contributed by atoms with van der Waals surface area (Å²) >= 11 is 0. The Bertz CT molecular complexity index is 351. The average molecular weight is 247 g/mol. The summed E-state index contributed by atoms with van der Waals surface area (Å²) in [5.74, 6) is 0. The van der Waals surface area contributed by atoms with Gasteiger partial charge in [-0.05, 0) is 49.9 Å². The molecule has 0 bridgehead atoms. The molecule has 1 N–H and O–H groups in total. The first kappa shape index (κ1) is 13.6. The first-order valence-corrected chi connectivity index (χ1v) is 7.30. The fourth-order valence-corrected chi connectivity index (χ4v) is 2.76. The van der Waals surface area contributed by atoms with Gasteiger partial charge < -0.3 is 5.11 Å². The quantitative estimate of drug-likeness (QED) is 0.781. The Morgan fingerprint density at radius 3 is 2.61 bits per heavy atom. The maximum Gasteiger partial charge on any atom is 0.0431 e. The maximum absolute atomic E-state index is 8.75. The summed E-state index contributed by atoms with van der Waals surface area (Å²) in [4.78, 5) is 2.59. The van der Waals surface area contributed by atoms with Crippen molar-refractivity contribution in [2.24, 2.45) is 0 Å². The molecule has 0 unspecified atom stereocenters. The molecule has 0 aromatic heterocycles. The van der Waals surface area contributed by atoms with Crippen LogP contribution in [0.4, 0.5) is 0 Å².